The lowest BCUT2D eigenvalue weighted by Gasteiger charge is -2.34. The van der Waals surface area contributed by atoms with Crippen molar-refractivity contribution in [3.8, 4) is 0 Å². The molecular formula is C21H27N3O5S2. The van der Waals surface area contributed by atoms with Crippen LogP contribution in [0.3, 0.4) is 0 Å². The van der Waals surface area contributed by atoms with E-state index in [9.17, 15) is 13.2 Å². The first kappa shape index (κ1) is 22.4. The molecule has 0 spiro atoms. The zero-order valence-corrected chi connectivity index (χ0v) is 18.9. The molecule has 1 N–H and O–H groups in total. The molecule has 2 aliphatic heterocycles. The summed E-state index contributed by atoms with van der Waals surface area (Å²) < 4.78 is 37.6. The number of carbonyl (C=O) groups excluding carboxylic acids is 1. The smallest absolute Gasteiger partial charge is 0.251 e. The van der Waals surface area contributed by atoms with E-state index in [-0.39, 0.29) is 16.8 Å². The second-order valence-electron chi connectivity index (χ2n) is 7.43. The van der Waals surface area contributed by atoms with Crippen molar-refractivity contribution in [2.24, 2.45) is 0 Å². The van der Waals surface area contributed by atoms with Gasteiger partial charge in [-0.3, -0.25) is 9.69 Å². The standard InChI is InChI=1S/C21H27N3O5S2/c25-21(22-16-19(20-2-1-15-30-20)23-7-11-28-12-8-23)17-3-5-18(6-4-17)31(26,27)24-9-13-29-14-10-24/h1-6,15,19H,7-14,16H2,(H,22,25). The predicted molar refractivity (Wildman–Crippen MR) is 118 cm³/mol. The molecule has 1 unspecified atom stereocenters. The summed E-state index contributed by atoms with van der Waals surface area (Å²) in [6.45, 7) is 4.99. The molecule has 4 rings (SSSR count). The lowest BCUT2D eigenvalue weighted by molar-refractivity contribution is 0.0169. The van der Waals surface area contributed by atoms with Crippen molar-refractivity contribution in [3.63, 3.8) is 0 Å². The van der Waals surface area contributed by atoms with Crippen LogP contribution in [-0.2, 0) is 19.5 Å². The van der Waals surface area contributed by atoms with Gasteiger partial charge in [0.15, 0.2) is 0 Å². The highest BCUT2D eigenvalue weighted by Crippen LogP contribution is 2.25. The SMILES string of the molecule is O=C(NCC(c1cccs1)N1CCOCC1)c1ccc(S(=O)(=O)N2CCOCC2)cc1. The van der Waals surface area contributed by atoms with Crippen LogP contribution in [0.1, 0.15) is 21.3 Å². The largest absolute Gasteiger partial charge is 0.379 e. The quantitative estimate of drug-likeness (QED) is 0.668. The fourth-order valence-corrected chi connectivity index (χ4v) is 6.05. The van der Waals surface area contributed by atoms with Crippen LogP contribution < -0.4 is 5.32 Å². The Labute approximate surface area is 186 Å². The molecule has 3 heterocycles. The number of nitrogens with one attached hydrogen (secondary N) is 1. The molecule has 8 nitrogen and oxygen atoms in total. The molecule has 0 saturated carbocycles. The first-order chi connectivity index (χ1) is 15.1. The van der Waals surface area contributed by atoms with Gasteiger partial charge in [-0.05, 0) is 35.7 Å². The molecule has 2 fully saturated rings. The van der Waals surface area contributed by atoms with Gasteiger partial charge in [-0.15, -0.1) is 11.3 Å². The lowest BCUT2D eigenvalue weighted by Crippen LogP contribution is -2.43. The molecular weight excluding hydrogens is 438 g/mol. The Balaban J connectivity index is 1.41. The summed E-state index contributed by atoms with van der Waals surface area (Å²) in [7, 11) is -3.57. The molecule has 31 heavy (non-hydrogen) atoms. The molecule has 1 aromatic heterocycles. The Morgan fingerprint density at radius 1 is 1.00 bits per heavy atom. The van der Waals surface area contributed by atoms with E-state index in [0.717, 1.165) is 13.1 Å². The first-order valence-electron chi connectivity index (χ1n) is 10.4. The van der Waals surface area contributed by atoms with Gasteiger partial charge in [0.05, 0.1) is 37.4 Å². The normalized spacial score (nSPS) is 19.7. The zero-order chi connectivity index (χ0) is 21.7. The Morgan fingerprint density at radius 2 is 1.65 bits per heavy atom. The summed E-state index contributed by atoms with van der Waals surface area (Å²) in [5.41, 5.74) is 0.438. The van der Waals surface area contributed by atoms with E-state index in [1.807, 2.05) is 11.4 Å². The van der Waals surface area contributed by atoms with Crippen LogP contribution in [-0.4, -0.2) is 82.7 Å². The van der Waals surface area contributed by atoms with Gasteiger partial charge < -0.3 is 14.8 Å². The molecule has 168 valence electrons. The van der Waals surface area contributed by atoms with E-state index in [1.165, 1.54) is 21.3 Å². The summed E-state index contributed by atoms with van der Waals surface area (Å²) in [5, 5.41) is 5.05. The van der Waals surface area contributed by atoms with E-state index in [2.05, 4.69) is 16.3 Å². The summed E-state index contributed by atoms with van der Waals surface area (Å²) >= 11 is 1.68. The number of hydrogen-bond acceptors (Lipinski definition) is 7. The Kier molecular flexibility index (Phi) is 7.36. The summed E-state index contributed by atoms with van der Waals surface area (Å²) in [6.07, 6.45) is 0. The predicted octanol–water partition coefficient (Wildman–Crippen LogP) is 1.57. The van der Waals surface area contributed by atoms with E-state index in [0.29, 0.717) is 51.6 Å². The van der Waals surface area contributed by atoms with E-state index >= 15 is 0 Å². The molecule has 0 aliphatic carbocycles. The number of carbonyl (C=O) groups is 1. The van der Waals surface area contributed by atoms with Crippen molar-refractivity contribution in [1.82, 2.24) is 14.5 Å². The van der Waals surface area contributed by atoms with Gasteiger partial charge >= 0.3 is 0 Å². The third-order valence-corrected chi connectivity index (χ3v) is 8.42. The average Bonchev–Trinajstić information content (AvgIpc) is 3.35. The number of sulfonamides is 1. The number of ether oxygens (including phenoxy) is 2. The van der Waals surface area contributed by atoms with Gasteiger partial charge in [0, 0.05) is 43.2 Å². The third-order valence-electron chi connectivity index (χ3n) is 5.54. The highest BCUT2D eigenvalue weighted by molar-refractivity contribution is 7.89. The van der Waals surface area contributed by atoms with Gasteiger partial charge in [0.25, 0.3) is 5.91 Å². The number of amides is 1. The minimum Gasteiger partial charge on any atom is -0.379 e. The molecule has 10 heteroatoms. The van der Waals surface area contributed by atoms with Gasteiger partial charge in [-0.2, -0.15) is 4.31 Å². The van der Waals surface area contributed by atoms with Gasteiger partial charge in [0.1, 0.15) is 0 Å². The minimum absolute atomic E-state index is 0.0915. The van der Waals surface area contributed by atoms with Crippen molar-refractivity contribution >= 4 is 27.3 Å². The monoisotopic (exact) mass is 465 g/mol. The van der Waals surface area contributed by atoms with Crippen LogP contribution >= 0.6 is 11.3 Å². The average molecular weight is 466 g/mol. The van der Waals surface area contributed by atoms with Crippen LogP contribution in [0.25, 0.3) is 0 Å². The molecule has 2 aromatic rings. The van der Waals surface area contributed by atoms with Crippen molar-refractivity contribution in [2.75, 3.05) is 59.2 Å². The molecule has 2 aliphatic rings. The lowest BCUT2D eigenvalue weighted by atomic mass is 10.1. The minimum atomic E-state index is -3.57. The maximum absolute atomic E-state index is 12.7. The van der Waals surface area contributed by atoms with Gasteiger partial charge in [-0.25, -0.2) is 8.42 Å². The topological polar surface area (TPSA) is 88.2 Å². The van der Waals surface area contributed by atoms with Crippen molar-refractivity contribution in [3.05, 3.63) is 52.2 Å². The van der Waals surface area contributed by atoms with E-state index < -0.39 is 10.0 Å². The molecule has 0 radical (unpaired) electrons. The molecule has 0 bridgehead atoms. The van der Waals surface area contributed by atoms with Crippen molar-refractivity contribution < 1.29 is 22.7 Å². The second kappa shape index (κ2) is 10.2. The molecule has 2 saturated heterocycles. The molecule has 1 atom stereocenters. The fourth-order valence-electron chi connectivity index (χ4n) is 3.79. The van der Waals surface area contributed by atoms with E-state index in [4.69, 9.17) is 9.47 Å². The highest BCUT2D eigenvalue weighted by atomic mass is 32.2. The van der Waals surface area contributed by atoms with Crippen LogP contribution in [0.4, 0.5) is 0 Å². The summed E-state index contributed by atoms with van der Waals surface area (Å²) in [5.74, 6) is -0.217. The van der Waals surface area contributed by atoms with Gasteiger partial charge in [-0.1, -0.05) is 6.07 Å². The number of rotatable bonds is 7. The van der Waals surface area contributed by atoms with Crippen molar-refractivity contribution in [1.29, 1.82) is 0 Å². The number of hydrogen-bond donors (Lipinski definition) is 1. The summed E-state index contributed by atoms with van der Waals surface area (Å²) in [6, 6.07) is 10.3. The first-order valence-corrected chi connectivity index (χ1v) is 12.7. The van der Waals surface area contributed by atoms with Crippen LogP contribution in [0, 0.1) is 0 Å². The maximum atomic E-state index is 12.7. The van der Waals surface area contributed by atoms with E-state index in [1.54, 1.807) is 23.5 Å². The second-order valence-corrected chi connectivity index (χ2v) is 10.3. The third kappa shape index (κ3) is 5.33. The number of thiophene rings is 1. The fraction of sp³-hybridized carbons (Fsp3) is 0.476. The van der Waals surface area contributed by atoms with Gasteiger partial charge in [0.2, 0.25) is 10.0 Å². The van der Waals surface area contributed by atoms with Crippen LogP contribution in [0.5, 0.6) is 0 Å². The zero-order valence-electron chi connectivity index (χ0n) is 17.2. The highest BCUT2D eigenvalue weighted by Gasteiger charge is 2.27. The number of nitrogens with zero attached hydrogens (tertiary/aromatic N) is 2. The Hall–Kier alpha value is -1.82. The Bertz CT molecular complexity index is 951. The maximum Gasteiger partial charge on any atom is 0.251 e. The Morgan fingerprint density at radius 3 is 2.26 bits per heavy atom. The molecule has 1 amide bonds. The number of morpholine rings is 2. The van der Waals surface area contributed by atoms with Crippen LogP contribution in [0.15, 0.2) is 46.7 Å². The molecule has 1 aromatic carbocycles. The summed E-state index contributed by atoms with van der Waals surface area (Å²) in [4.78, 5) is 16.5. The van der Waals surface area contributed by atoms with Crippen molar-refractivity contribution in [2.45, 2.75) is 10.9 Å². The van der Waals surface area contributed by atoms with Crippen LogP contribution in [0.2, 0.25) is 0 Å². The number of benzene rings is 1.